The SMILES string of the molecule is CC1=C(c2ccccc2)C(c2ccccc2)C(=C2CCCCC2)C1=O. The molecule has 0 bridgehead atoms. The number of allylic oxidation sites excluding steroid dienone is 4. The third-order valence-electron chi connectivity index (χ3n) is 5.62. The Morgan fingerprint density at radius 3 is 2.00 bits per heavy atom. The van der Waals surface area contributed by atoms with Gasteiger partial charge in [-0.15, -0.1) is 0 Å². The monoisotopic (exact) mass is 328 g/mol. The van der Waals surface area contributed by atoms with Crippen LogP contribution in [0.5, 0.6) is 0 Å². The number of rotatable bonds is 2. The first-order valence-electron chi connectivity index (χ1n) is 9.35. The molecule has 1 heteroatoms. The second kappa shape index (κ2) is 6.84. The van der Waals surface area contributed by atoms with Crippen molar-refractivity contribution in [3.05, 3.63) is 88.5 Å². The molecule has 1 atom stereocenters. The van der Waals surface area contributed by atoms with Crippen molar-refractivity contribution in [2.45, 2.75) is 44.9 Å². The van der Waals surface area contributed by atoms with E-state index in [0.717, 1.165) is 24.0 Å². The van der Waals surface area contributed by atoms with Crippen molar-refractivity contribution in [2.75, 3.05) is 0 Å². The summed E-state index contributed by atoms with van der Waals surface area (Å²) < 4.78 is 0. The Bertz CT molecular complexity index is 832. The molecular weight excluding hydrogens is 304 g/mol. The van der Waals surface area contributed by atoms with Gasteiger partial charge in [0.15, 0.2) is 5.78 Å². The number of benzene rings is 2. The van der Waals surface area contributed by atoms with Gasteiger partial charge in [-0.25, -0.2) is 0 Å². The molecule has 2 aliphatic carbocycles. The smallest absolute Gasteiger partial charge is 0.185 e. The average Bonchev–Trinajstić information content (AvgIpc) is 2.95. The van der Waals surface area contributed by atoms with Crippen LogP contribution in [0.1, 0.15) is 56.1 Å². The van der Waals surface area contributed by atoms with E-state index in [2.05, 4.69) is 48.5 Å². The molecule has 4 rings (SSSR count). The van der Waals surface area contributed by atoms with Gasteiger partial charge in [-0.1, -0.05) is 72.7 Å². The predicted molar refractivity (Wildman–Crippen MR) is 103 cm³/mol. The quantitative estimate of drug-likeness (QED) is 0.610. The molecular formula is C24H24O. The molecule has 25 heavy (non-hydrogen) atoms. The zero-order chi connectivity index (χ0) is 17.2. The van der Waals surface area contributed by atoms with E-state index >= 15 is 0 Å². The Labute approximate surface area is 150 Å². The molecule has 2 aromatic carbocycles. The summed E-state index contributed by atoms with van der Waals surface area (Å²) in [5.74, 6) is 0.355. The summed E-state index contributed by atoms with van der Waals surface area (Å²) in [6.45, 7) is 2.01. The topological polar surface area (TPSA) is 17.1 Å². The van der Waals surface area contributed by atoms with E-state index in [1.807, 2.05) is 19.1 Å². The summed E-state index contributed by atoms with van der Waals surface area (Å²) in [5.41, 5.74) is 7.00. The zero-order valence-corrected chi connectivity index (χ0v) is 14.8. The van der Waals surface area contributed by atoms with Gasteiger partial charge in [0.2, 0.25) is 0 Å². The summed E-state index contributed by atoms with van der Waals surface area (Å²) in [6, 6.07) is 21.0. The standard InChI is InChI=1S/C24H24O/c1-17-21(18-11-5-2-6-12-18)22(19-13-7-3-8-14-19)23(24(17)25)20-15-9-4-10-16-20/h2-3,5-8,11-14,22H,4,9-10,15-16H2,1H3. The molecule has 0 N–H and O–H groups in total. The van der Waals surface area contributed by atoms with Gasteiger partial charge in [0.1, 0.15) is 0 Å². The normalized spacial score (nSPS) is 21.2. The molecule has 126 valence electrons. The van der Waals surface area contributed by atoms with Crippen LogP contribution in [0.4, 0.5) is 0 Å². The van der Waals surface area contributed by atoms with E-state index in [-0.39, 0.29) is 11.7 Å². The summed E-state index contributed by atoms with van der Waals surface area (Å²) in [4.78, 5) is 13.3. The molecule has 2 aliphatic rings. The van der Waals surface area contributed by atoms with Crippen LogP contribution in [0.3, 0.4) is 0 Å². The molecule has 1 saturated carbocycles. The van der Waals surface area contributed by atoms with E-state index in [1.165, 1.54) is 41.5 Å². The van der Waals surface area contributed by atoms with Crippen molar-refractivity contribution in [3.8, 4) is 0 Å². The predicted octanol–water partition coefficient (Wildman–Crippen LogP) is 6.09. The van der Waals surface area contributed by atoms with Crippen molar-refractivity contribution in [3.63, 3.8) is 0 Å². The number of Topliss-reactive ketones (excluding diaryl/α,β-unsaturated/α-hetero) is 1. The largest absolute Gasteiger partial charge is 0.289 e. The second-order valence-corrected chi connectivity index (χ2v) is 7.16. The fraction of sp³-hybridized carbons (Fsp3) is 0.292. The Kier molecular flexibility index (Phi) is 4.40. The zero-order valence-electron chi connectivity index (χ0n) is 14.8. The highest BCUT2D eigenvalue weighted by atomic mass is 16.1. The van der Waals surface area contributed by atoms with E-state index in [9.17, 15) is 4.79 Å². The minimum absolute atomic E-state index is 0.0872. The first-order chi connectivity index (χ1) is 12.3. The third-order valence-corrected chi connectivity index (χ3v) is 5.62. The summed E-state index contributed by atoms with van der Waals surface area (Å²) in [5, 5.41) is 0. The summed E-state index contributed by atoms with van der Waals surface area (Å²) >= 11 is 0. The van der Waals surface area contributed by atoms with E-state index in [0.29, 0.717) is 0 Å². The molecule has 0 radical (unpaired) electrons. The molecule has 0 heterocycles. The maximum absolute atomic E-state index is 13.3. The van der Waals surface area contributed by atoms with Gasteiger partial charge in [-0.2, -0.15) is 0 Å². The Morgan fingerprint density at radius 2 is 1.36 bits per heavy atom. The lowest BCUT2D eigenvalue weighted by Gasteiger charge is -2.23. The lowest BCUT2D eigenvalue weighted by Crippen LogP contribution is -2.10. The Hall–Kier alpha value is -2.41. The maximum Gasteiger partial charge on any atom is 0.185 e. The minimum Gasteiger partial charge on any atom is -0.289 e. The maximum atomic E-state index is 13.3. The molecule has 0 spiro atoms. The van der Waals surface area contributed by atoms with Crippen LogP contribution in [0.2, 0.25) is 0 Å². The molecule has 0 saturated heterocycles. The van der Waals surface area contributed by atoms with Crippen LogP contribution in [-0.4, -0.2) is 5.78 Å². The number of hydrogen-bond donors (Lipinski definition) is 0. The van der Waals surface area contributed by atoms with Crippen LogP contribution >= 0.6 is 0 Å². The van der Waals surface area contributed by atoms with Gasteiger partial charge in [-0.3, -0.25) is 4.79 Å². The molecule has 2 aromatic rings. The second-order valence-electron chi connectivity index (χ2n) is 7.16. The van der Waals surface area contributed by atoms with E-state index in [4.69, 9.17) is 0 Å². The number of hydrogen-bond acceptors (Lipinski definition) is 1. The highest BCUT2D eigenvalue weighted by molar-refractivity contribution is 6.20. The van der Waals surface area contributed by atoms with Gasteiger partial charge in [-0.05, 0) is 49.3 Å². The van der Waals surface area contributed by atoms with Crippen LogP contribution in [0.25, 0.3) is 5.57 Å². The fourth-order valence-corrected chi connectivity index (χ4v) is 4.41. The highest BCUT2D eigenvalue weighted by Crippen LogP contribution is 2.49. The van der Waals surface area contributed by atoms with Gasteiger partial charge in [0.05, 0.1) is 0 Å². The Morgan fingerprint density at radius 1 is 0.760 bits per heavy atom. The molecule has 0 amide bonds. The number of carbonyl (C=O) groups excluding carboxylic acids is 1. The van der Waals surface area contributed by atoms with Crippen LogP contribution in [0, 0.1) is 0 Å². The molecule has 0 aliphatic heterocycles. The lowest BCUT2D eigenvalue weighted by atomic mass is 9.80. The molecule has 1 unspecified atom stereocenters. The van der Waals surface area contributed by atoms with Gasteiger partial charge >= 0.3 is 0 Å². The highest BCUT2D eigenvalue weighted by Gasteiger charge is 2.38. The van der Waals surface area contributed by atoms with Gasteiger partial charge in [0.25, 0.3) is 0 Å². The third kappa shape index (κ3) is 2.89. The lowest BCUT2D eigenvalue weighted by molar-refractivity contribution is -0.112. The van der Waals surface area contributed by atoms with Crippen molar-refractivity contribution >= 4 is 11.4 Å². The van der Waals surface area contributed by atoms with E-state index in [1.54, 1.807) is 0 Å². The first kappa shape index (κ1) is 16.1. The van der Waals surface area contributed by atoms with Crippen LogP contribution in [-0.2, 0) is 4.79 Å². The Balaban J connectivity index is 1.92. The van der Waals surface area contributed by atoms with Crippen molar-refractivity contribution < 1.29 is 4.79 Å². The van der Waals surface area contributed by atoms with Crippen LogP contribution < -0.4 is 0 Å². The van der Waals surface area contributed by atoms with E-state index < -0.39 is 0 Å². The number of carbonyl (C=O) groups is 1. The van der Waals surface area contributed by atoms with Crippen LogP contribution in [0.15, 0.2) is 77.4 Å². The first-order valence-corrected chi connectivity index (χ1v) is 9.35. The van der Waals surface area contributed by atoms with Crippen molar-refractivity contribution in [1.82, 2.24) is 0 Å². The summed E-state index contributed by atoms with van der Waals surface area (Å²) in [6.07, 6.45) is 5.89. The van der Waals surface area contributed by atoms with Crippen molar-refractivity contribution in [2.24, 2.45) is 0 Å². The number of ketones is 1. The minimum atomic E-state index is 0.0872. The molecule has 1 fully saturated rings. The van der Waals surface area contributed by atoms with Gasteiger partial charge in [0, 0.05) is 17.1 Å². The fourth-order valence-electron chi connectivity index (χ4n) is 4.41. The molecule has 0 aromatic heterocycles. The van der Waals surface area contributed by atoms with Gasteiger partial charge < -0.3 is 0 Å². The molecule has 1 nitrogen and oxygen atoms in total. The van der Waals surface area contributed by atoms with Crippen molar-refractivity contribution in [1.29, 1.82) is 0 Å². The summed E-state index contributed by atoms with van der Waals surface area (Å²) in [7, 11) is 0. The average molecular weight is 328 g/mol.